The zero-order valence-electron chi connectivity index (χ0n) is 10.5. The van der Waals surface area contributed by atoms with Gasteiger partial charge in [0.25, 0.3) is 0 Å². The monoisotopic (exact) mass is 281 g/mol. The average molecular weight is 282 g/mol. The summed E-state index contributed by atoms with van der Waals surface area (Å²) in [5.41, 5.74) is -0.0532. The van der Waals surface area contributed by atoms with Crippen LogP contribution in [0.15, 0.2) is 27.4 Å². The van der Waals surface area contributed by atoms with Gasteiger partial charge in [0.15, 0.2) is 0 Å². The van der Waals surface area contributed by atoms with Gasteiger partial charge in [0.05, 0.1) is 12.0 Å². The first kappa shape index (κ1) is 13.4. The molecule has 1 heterocycles. The van der Waals surface area contributed by atoms with E-state index in [0.717, 1.165) is 0 Å². The summed E-state index contributed by atoms with van der Waals surface area (Å²) in [7, 11) is 0. The molecule has 1 aromatic carbocycles. The fraction of sp³-hybridized carbons (Fsp3) is 0.231. The van der Waals surface area contributed by atoms with Crippen molar-refractivity contribution in [2.24, 2.45) is 0 Å². The quantitative estimate of drug-likeness (QED) is 0.939. The maximum Gasteiger partial charge on any atom is 0.346 e. The summed E-state index contributed by atoms with van der Waals surface area (Å²) in [5.74, 6) is -0.213. The molecule has 0 aliphatic carbocycles. The fourth-order valence-corrected chi connectivity index (χ4v) is 1.96. The predicted molar refractivity (Wildman–Crippen MR) is 73.0 cm³/mol. The van der Waals surface area contributed by atoms with Crippen LogP contribution in [0.25, 0.3) is 10.8 Å². The van der Waals surface area contributed by atoms with Crippen molar-refractivity contribution in [1.82, 2.24) is 0 Å². The lowest BCUT2D eigenvalue weighted by molar-refractivity contribution is -0.114. The second-order valence-electron chi connectivity index (χ2n) is 3.87. The molecule has 0 atom stereocenters. The first-order chi connectivity index (χ1) is 9.02. The van der Waals surface area contributed by atoms with E-state index < -0.39 is 5.63 Å². The van der Waals surface area contributed by atoms with E-state index in [1.807, 2.05) is 0 Å². The van der Waals surface area contributed by atoms with Gasteiger partial charge in [0.1, 0.15) is 5.02 Å². The van der Waals surface area contributed by atoms with Gasteiger partial charge in [0, 0.05) is 18.0 Å². The van der Waals surface area contributed by atoms with E-state index in [9.17, 15) is 9.59 Å². The molecule has 0 spiro atoms. The molecule has 0 saturated heterocycles. The summed E-state index contributed by atoms with van der Waals surface area (Å²) in [6, 6.07) is 4.82. The van der Waals surface area contributed by atoms with Crippen molar-refractivity contribution in [3.63, 3.8) is 0 Å². The van der Waals surface area contributed by atoms with E-state index in [2.05, 4.69) is 5.32 Å². The maximum absolute atomic E-state index is 11.8. The molecule has 6 heteroatoms. The van der Waals surface area contributed by atoms with Crippen molar-refractivity contribution in [3.05, 3.63) is 33.6 Å². The predicted octanol–water partition coefficient (Wildman–Crippen LogP) is 2.80. The molecule has 2 rings (SSSR count). The highest BCUT2D eigenvalue weighted by atomic mass is 35.5. The summed E-state index contributed by atoms with van der Waals surface area (Å²) in [6.07, 6.45) is 0. The van der Waals surface area contributed by atoms with Crippen molar-refractivity contribution in [2.45, 2.75) is 13.8 Å². The van der Waals surface area contributed by atoms with Crippen LogP contribution in [0.4, 0.5) is 5.69 Å². The van der Waals surface area contributed by atoms with Gasteiger partial charge in [-0.2, -0.15) is 0 Å². The highest BCUT2D eigenvalue weighted by molar-refractivity contribution is 6.36. The number of hydrogen-bond acceptors (Lipinski definition) is 4. The number of fused-ring (bicyclic) bond motifs is 1. The van der Waals surface area contributed by atoms with E-state index in [4.69, 9.17) is 20.8 Å². The third kappa shape index (κ3) is 2.71. The van der Waals surface area contributed by atoms with Crippen LogP contribution in [0.2, 0.25) is 5.02 Å². The fourth-order valence-electron chi connectivity index (χ4n) is 1.70. The zero-order valence-corrected chi connectivity index (χ0v) is 11.2. The molecule has 0 radical (unpaired) electrons. The Morgan fingerprint density at radius 1 is 1.42 bits per heavy atom. The smallest absolute Gasteiger partial charge is 0.346 e. The third-order valence-corrected chi connectivity index (χ3v) is 2.79. The van der Waals surface area contributed by atoms with Gasteiger partial charge in [-0.05, 0) is 19.1 Å². The van der Waals surface area contributed by atoms with Crippen LogP contribution in [-0.2, 0) is 4.79 Å². The maximum atomic E-state index is 11.8. The first-order valence-electron chi connectivity index (χ1n) is 5.69. The SMILES string of the molecule is CCOc1oc(=O)c2cc(NC(C)=O)ccc2c1Cl. The van der Waals surface area contributed by atoms with Crippen LogP contribution in [0.3, 0.4) is 0 Å². The number of hydrogen-bond donors (Lipinski definition) is 1. The van der Waals surface area contributed by atoms with E-state index in [1.165, 1.54) is 13.0 Å². The van der Waals surface area contributed by atoms with Crippen molar-refractivity contribution < 1.29 is 13.9 Å². The minimum atomic E-state index is -0.560. The molecule has 0 bridgehead atoms. The molecule has 0 saturated carbocycles. The Balaban J connectivity index is 2.62. The Kier molecular flexibility index (Phi) is 3.76. The van der Waals surface area contributed by atoms with Gasteiger partial charge in [0.2, 0.25) is 5.91 Å². The summed E-state index contributed by atoms with van der Waals surface area (Å²) in [5, 5.41) is 3.65. The number of carbonyl (C=O) groups excluding carboxylic acids is 1. The molecule has 0 aliphatic rings. The van der Waals surface area contributed by atoms with Crippen molar-refractivity contribution in [1.29, 1.82) is 0 Å². The number of rotatable bonds is 3. The second-order valence-corrected chi connectivity index (χ2v) is 4.24. The lowest BCUT2D eigenvalue weighted by atomic mass is 10.1. The normalized spacial score (nSPS) is 10.5. The van der Waals surface area contributed by atoms with E-state index in [-0.39, 0.29) is 16.9 Å². The van der Waals surface area contributed by atoms with Crippen LogP contribution in [0.5, 0.6) is 5.95 Å². The zero-order chi connectivity index (χ0) is 14.0. The van der Waals surface area contributed by atoms with E-state index in [0.29, 0.717) is 23.1 Å². The Bertz CT molecular complexity index is 693. The highest BCUT2D eigenvalue weighted by Crippen LogP contribution is 2.31. The van der Waals surface area contributed by atoms with Crippen LogP contribution >= 0.6 is 11.6 Å². The highest BCUT2D eigenvalue weighted by Gasteiger charge is 2.13. The Morgan fingerprint density at radius 3 is 2.79 bits per heavy atom. The van der Waals surface area contributed by atoms with Crippen LogP contribution in [-0.4, -0.2) is 12.5 Å². The van der Waals surface area contributed by atoms with Gasteiger partial charge >= 0.3 is 11.6 Å². The average Bonchev–Trinajstić information content (AvgIpc) is 2.35. The molecule has 5 nitrogen and oxygen atoms in total. The Hall–Kier alpha value is -2.01. The van der Waals surface area contributed by atoms with Crippen LogP contribution in [0, 0.1) is 0 Å². The van der Waals surface area contributed by atoms with E-state index >= 15 is 0 Å². The van der Waals surface area contributed by atoms with Gasteiger partial charge < -0.3 is 14.5 Å². The Morgan fingerprint density at radius 2 is 2.16 bits per heavy atom. The molecule has 19 heavy (non-hydrogen) atoms. The molecular weight excluding hydrogens is 270 g/mol. The van der Waals surface area contributed by atoms with Gasteiger partial charge in [-0.25, -0.2) is 4.79 Å². The molecule has 0 fully saturated rings. The number of anilines is 1. The lowest BCUT2D eigenvalue weighted by Gasteiger charge is -2.07. The summed E-state index contributed by atoms with van der Waals surface area (Å²) < 4.78 is 10.2. The number of carbonyl (C=O) groups is 1. The molecule has 100 valence electrons. The largest absolute Gasteiger partial charge is 0.464 e. The number of halogens is 1. The van der Waals surface area contributed by atoms with Gasteiger partial charge in [-0.3, -0.25) is 4.79 Å². The minimum Gasteiger partial charge on any atom is -0.464 e. The lowest BCUT2D eigenvalue weighted by Crippen LogP contribution is -2.08. The molecule has 0 unspecified atom stereocenters. The summed E-state index contributed by atoms with van der Waals surface area (Å²) in [4.78, 5) is 22.8. The first-order valence-corrected chi connectivity index (χ1v) is 6.07. The minimum absolute atomic E-state index is 0.00828. The molecule has 1 aromatic heterocycles. The Labute approximate surface area is 114 Å². The molecule has 0 aliphatic heterocycles. The van der Waals surface area contributed by atoms with Gasteiger partial charge in [-0.15, -0.1) is 0 Å². The summed E-state index contributed by atoms with van der Waals surface area (Å²) in [6.45, 7) is 3.50. The van der Waals surface area contributed by atoms with Crippen molar-refractivity contribution >= 4 is 34.0 Å². The molecule has 2 aromatic rings. The standard InChI is InChI=1S/C13H12ClNO4/c1-3-18-13-11(14)9-5-4-8(15-7(2)16)6-10(9)12(17)19-13/h4-6H,3H2,1-2H3,(H,15,16). The van der Waals surface area contributed by atoms with E-state index in [1.54, 1.807) is 19.1 Å². The second kappa shape index (κ2) is 5.32. The summed E-state index contributed by atoms with van der Waals surface area (Å²) >= 11 is 6.11. The number of amides is 1. The van der Waals surface area contributed by atoms with Gasteiger partial charge in [-0.1, -0.05) is 17.7 Å². The molecule has 1 N–H and O–H groups in total. The van der Waals surface area contributed by atoms with Crippen LogP contribution < -0.4 is 15.7 Å². The van der Waals surface area contributed by atoms with Crippen molar-refractivity contribution in [3.8, 4) is 5.95 Å². The number of benzene rings is 1. The number of ether oxygens (including phenoxy) is 1. The van der Waals surface area contributed by atoms with Crippen molar-refractivity contribution in [2.75, 3.05) is 11.9 Å². The molecular formula is C13H12ClNO4. The third-order valence-electron chi connectivity index (χ3n) is 2.44. The topological polar surface area (TPSA) is 68.5 Å². The molecule has 1 amide bonds. The number of nitrogens with one attached hydrogen (secondary N) is 1. The van der Waals surface area contributed by atoms with Crippen LogP contribution in [0.1, 0.15) is 13.8 Å².